The van der Waals surface area contributed by atoms with Gasteiger partial charge in [-0.2, -0.15) is 0 Å². The number of hydrogen-bond acceptors (Lipinski definition) is 7. The monoisotopic (exact) mass is 335 g/mol. The Morgan fingerprint density at radius 3 is 2.43 bits per heavy atom. The van der Waals surface area contributed by atoms with E-state index >= 15 is 0 Å². The fraction of sp³-hybridized carbons (Fsp3) is 0.846. The van der Waals surface area contributed by atoms with E-state index in [1.54, 1.807) is 13.8 Å². The summed E-state index contributed by atoms with van der Waals surface area (Å²) in [5.74, 6) is -0.836. The van der Waals surface area contributed by atoms with Crippen LogP contribution >= 0.6 is 0 Å². The number of nitrogens with zero attached hydrogens (tertiary/aromatic N) is 3. The van der Waals surface area contributed by atoms with E-state index in [0.717, 1.165) is 0 Å². The number of ether oxygens (including phenoxy) is 2. The number of unbranched alkanes of at least 4 members (excludes halogenated alkanes) is 2. The molecule has 1 N–H and O–H groups in total. The van der Waals surface area contributed by atoms with Crippen molar-refractivity contribution < 1.29 is 34.0 Å². The van der Waals surface area contributed by atoms with Crippen molar-refractivity contribution in [1.29, 1.82) is 0 Å². The molecular formula is C13H25N3O7. The fourth-order valence-corrected chi connectivity index (χ4v) is 1.43. The first kappa shape index (κ1) is 20.7. The lowest BCUT2D eigenvalue weighted by atomic mass is 10.2. The van der Waals surface area contributed by atoms with Crippen LogP contribution in [0.25, 0.3) is 0 Å². The highest BCUT2D eigenvalue weighted by Gasteiger charge is 2.15. The van der Waals surface area contributed by atoms with Crippen LogP contribution in [0.3, 0.4) is 0 Å². The maximum Gasteiger partial charge on any atom is 0.511 e. The van der Waals surface area contributed by atoms with Crippen LogP contribution in [0.1, 0.15) is 46.5 Å². The van der Waals surface area contributed by atoms with Gasteiger partial charge >= 0.3 is 12.1 Å². The lowest BCUT2D eigenvalue weighted by Gasteiger charge is -2.14. The van der Waals surface area contributed by atoms with Crippen molar-refractivity contribution in [2.24, 2.45) is 5.28 Å². The zero-order valence-electron chi connectivity index (χ0n) is 13.9. The summed E-state index contributed by atoms with van der Waals surface area (Å²) in [7, 11) is 1.51. The third-order valence-electron chi connectivity index (χ3n) is 2.52. The molecule has 134 valence electrons. The standard InChI is InChI=1S/C13H25N3O7/c1-10(2)21-13(19)22-11(3)23-14-16(20)15(4)9-7-5-6-8-12(17)18/h10-11H,5-9H2,1-4H3,(H,17,18)/b16-14-. The Morgan fingerprint density at radius 2 is 1.87 bits per heavy atom. The number of aliphatic carboxylic acids is 1. The molecule has 0 aromatic rings. The molecule has 23 heavy (non-hydrogen) atoms. The molecular weight excluding hydrogens is 310 g/mol. The number of carboxylic acids is 1. The molecule has 0 spiro atoms. The van der Waals surface area contributed by atoms with Crippen LogP contribution in [0.4, 0.5) is 4.79 Å². The van der Waals surface area contributed by atoms with Crippen molar-refractivity contribution in [3.63, 3.8) is 0 Å². The molecule has 0 bridgehead atoms. The molecule has 0 saturated heterocycles. The second-order valence-corrected chi connectivity index (χ2v) is 5.13. The van der Waals surface area contributed by atoms with E-state index in [9.17, 15) is 14.8 Å². The summed E-state index contributed by atoms with van der Waals surface area (Å²) in [6.07, 6.45) is -0.307. The first-order valence-corrected chi connectivity index (χ1v) is 7.36. The Morgan fingerprint density at radius 1 is 1.22 bits per heavy atom. The molecule has 0 rings (SSSR count). The number of hydrogen-bond donors (Lipinski definition) is 1. The van der Waals surface area contributed by atoms with Gasteiger partial charge in [-0.1, -0.05) is 6.42 Å². The van der Waals surface area contributed by atoms with Crippen LogP contribution in [0.15, 0.2) is 5.28 Å². The minimum atomic E-state index is -1.07. The Bertz CT molecular complexity index is 401. The number of hydrazine groups is 1. The lowest BCUT2D eigenvalue weighted by molar-refractivity contribution is -0.707. The first-order chi connectivity index (χ1) is 10.7. The smallest absolute Gasteiger partial charge is 0.511 e. The Balaban J connectivity index is 3.98. The molecule has 0 fully saturated rings. The number of rotatable bonds is 11. The molecule has 0 radical (unpaired) electrons. The predicted octanol–water partition coefficient (Wildman–Crippen LogP) is 2.28. The van der Waals surface area contributed by atoms with Crippen LogP contribution in [-0.4, -0.2) is 53.2 Å². The molecule has 0 aliphatic carbocycles. The van der Waals surface area contributed by atoms with Gasteiger partial charge in [0.1, 0.15) is 0 Å². The molecule has 10 nitrogen and oxygen atoms in total. The molecule has 0 aromatic carbocycles. The van der Waals surface area contributed by atoms with E-state index in [2.05, 4.69) is 5.28 Å². The van der Waals surface area contributed by atoms with Gasteiger partial charge in [0.15, 0.2) is 0 Å². The minimum Gasteiger partial charge on any atom is -0.569 e. The Labute approximate surface area is 135 Å². The van der Waals surface area contributed by atoms with Gasteiger partial charge in [0, 0.05) is 13.3 Å². The highest BCUT2D eigenvalue weighted by molar-refractivity contribution is 5.66. The molecule has 0 heterocycles. The van der Waals surface area contributed by atoms with Gasteiger partial charge in [-0.15, -0.1) is 5.01 Å². The summed E-state index contributed by atoms with van der Waals surface area (Å²) in [5.41, 5.74) is 0. The molecule has 10 heteroatoms. The van der Waals surface area contributed by atoms with E-state index in [1.165, 1.54) is 19.0 Å². The summed E-state index contributed by atoms with van der Waals surface area (Å²) < 4.78 is 9.45. The van der Waals surface area contributed by atoms with Gasteiger partial charge in [-0.3, -0.25) is 9.63 Å². The third-order valence-corrected chi connectivity index (χ3v) is 2.52. The SMILES string of the molecule is CC(C)OC(=O)OC(C)O/N=[N+](\[O-])N(C)CCCCCC(=O)O. The lowest BCUT2D eigenvalue weighted by Crippen LogP contribution is -2.28. The number of carbonyl (C=O) groups is 2. The summed E-state index contributed by atoms with van der Waals surface area (Å²) >= 11 is 0. The van der Waals surface area contributed by atoms with Crippen LogP contribution < -0.4 is 0 Å². The highest BCUT2D eigenvalue weighted by atomic mass is 16.8. The number of carboxylic acid groups (broad SMARTS) is 1. The second-order valence-electron chi connectivity index (χ2n) is 5.13. The molecule has 1 atom stereocenters. The van der Waals surface area contributed by atoms with E-state index in [4.69, 9.17) is 19.4 Å². The van der Waals surface area contributed by atoms with Gasteiger partial charge in [0.05, 0.1) is 24.7 Å². The quantitative estimate of drug-likeness (QED) is 0.152. The van der Waals surface area contributed by atoms with Gasteiger partial charge in [0.25, 0.3) is 6.29 Å². The molecule has 0 saturated carbocycles. The van der Waals surface area contributed by atoms with E-state index < -0.39 is 18.4 Å². The van der Waals surface area contributed by atoms with Gasteiger partial charge in [-0.25, -0.2) is 4.79 Å². The van der Waals surface area contributed by atoms with E-state index in [-0.39, 0.29) is 17.5 Å². The Hall–Kier alpha value is -2.26. The molecule has 0 amide bonds. The summed E-state index contributed by atoms with van der Waals surface area (Å²) in [6, 6.07) is 0. The van der Waals surface area contributed by atoms with Crippen LogP contribution in [-0.2, 0) is 19.1 Å². The average Bonchev–Trinajstić information content (AvgIpc) is 2.42. The Kier molecular flexibility index (Phi) is 10.2. The second kappa shape index (κ2) is 11.3. The highest BCUT2D eigenvalue weighted by Crippen LogP contribution is 2.03. The van der Waals surface area contributed by atoms with Crippen LogP contribution in [0.2, 0.25) is 0 Å². The van der Waals surface area contributed by atoms with Crippen LogP contribution in [0.5, 0.6) is 0 Å². The van der Waals surface area contributed by atoms with Gasteiger partial charge < -0.3 is 19.8 Å². The van der Waals surface area contributed by atoms with Crippen molar-refractivity contribution in [2.75, 3.05) is 13.6 Å². The molecule has 1 unspecified atom stereocenters. The zero-order valence-corrected chi connectivity index (χ0v) is 13.9. The predicted molar refractivity (Wildman–Crippen MR) is 78.0 cm³/mol. The van der Waals surface area contributed by atoms with Crippen molar-refractivity contribution in [1.82, 2.24) is 5.01 Å². The summed E-state index contributed by atoms with van der Waals surface area (Å²) in [6.45, 7) is 5.12. The maximum atomic E-state index is 11.6. The minimum absolute atomic E-state index is 0.111. The summed E-state index contributed by atoms with van der Waals surface area (Å²) in [5, 5.41) is 24.6. The molecule has 0 aromatic heterocycles. The van der Waals surface area contributed by atoms with Crippen molar-refractivity contribution >= 4 is 12.1 Å². The van der Waals surface area contributed by atoms with Gasteiger partial charge in [0.2, 0.25) is 5.28 Å². The maximum absolute atomic E-state index is 11.6. The largest absolute Gasteiger partial charge is 0.569 e. The summed E-state index contributed by atoms with van der Waals surface area (Å²) in [4.78, 5) is 26.5. The van der Waals surface area contributed by atoms with E-state index in [1.807, 2.05) is 0 Å². The topological polar surface area (TPSA) is 124 Å². The third kappa shape index (κ3) is 12.0. The van der Waals surface area contributed by atoms with E-state index in [0.29, 0.717) is 25.8 Å². The number of carbonyl (C=O) groups excluding carboxylic acids is 1. The average molecular weight is 335 g/mol. The normalized spacial score (nSPS) is 12.7. The van der Waals surface area contributed by atoms with Crippen molar-refractivity contribution in [3.8, 4) is 0 Å². The fourth-order valence-electron chi connectivity index (χ4n) is 1.43. The van der Waals surface area contributed by atoms with Gasteiger partial charge in [-0.05, 0) is 26.7 Å². The van der Waals surface area contributed by atoms with Crippen molar-refractivity contribution in [2.45, 2.75) is 58.8 Å². The van der Waals surface area contributed by atoms with Crippen LogP contribution in [0, 0.1) is 5.21 Å². The zero-order chi connectivity index (χ0) is 17.8. The molecule has 0 aliphatic heterocycles. The molecule has 0 aliphatic rings. The van der Waals surface area contributed by atoms with Crippen molar-refractivity contribution in [3.05, 3.63) is 5.21 Å². The first-order valence-electron chi connectivity index (χ1n) is 7.36.